The maximum absolute atomic E-state index is 12.6. The largest absolute Gasteiger partial charge is 0.341 e. The molecule has 1 saturated carbocycles. The van der Waals surface area contributed by atoms with Crippen molar-refractivity contribution >= 4 is 21.6 Å². The van der Waals surface area contributed by atoms with E-state index in [1.165, 1.54) is 10.7 Å². The first kappa shape index (κ1) is 17.8. The predicted octanol–water partition coefficient (Wildman–Crippen LogP) is 2.55. The third-order valence-corrected chi connectivity index (χ3v) is 5.63. The van der Waals surface area contributed by atoms with Crippen molar-refractivity contribution in [3.8, 4) is 0 Å². The number of amides is 1. The van der Waals surface area contributed by atoms with Gasteiger partial charge in [0.05, 0.1) is 11.9 Å². The number of carbonyl (C=O) groups excluding carboxylic acids is 1. The normalized spacial score (nSPS) is 16.1. The SMILES string of the molecule is Cc1cccc(N(CC(=O)N(C)C2CCCCC2)S(C)(=O)=O)c1. The Labute approximate surface area is 139 Å². The number of rotatable bonds is 5. The second-order valence-corrected chi connectivity index (χ2v) is 8.31. The van der Waals surface area contributed by atoms with Gasteiger partial charge in [-0.2, -0.15) is 0 Å². The quantitative estimate of drug-likeness (QED) is 0.829. The summed E-state index contributed by atoms with van der Waals surface area (Å²) in [4.78, 5) is 14.3. The minimum Gasteiger partial charge on any atom is -0.341 e. The molecule has 0 heterocycles. The van der Waals surface area contributed by atoms with Crippen LogP contribution in [0.1, 0.15) is 37.7 Å². The Bertz CT molecular complexity index is 652. The zero-order chi connectivity index (χ0) is 17.0. The Morgan fingerprint density at radius 2 is 1.87 bits per heavy atom. The Morgan fingerprint density at radius 1 is 1.22 bits per heavy atom. The summed E-state index contributed by atoms with van der Waals surface area (Å²) in [6.45, 7) is 1.76. The van der Waals surface area contributed by atoms with Crippen molar-refractivity contribution in [2.45, 2.75) is 45.1 Å². The summed E-state index contributed by atoms with van der Waals surface area (Å²) in [5.74, 6) is -0.149. The van der Waals surface area contributed by atoms with Crippen LogP contribution >= 0.6 is 0 Å². The van der Waals surface area contributed by atoms with Gasteiger partial charge in [0.2, 0.25) is 15.9 Å². The maximum Gasteiger partial charge on any atom is 0.243 e. The van der Waals surface area contributed by atoms with Crippen LogP contribution in [0.4, 0.5) is 5.69 Å². The van der Waals surface area contributed by atoms with E-state index in [-0.39, 0.29) is 18.5 Å². The van der Waals surface area contributed by atoms with E-state index in [9.17, 15) is 13.2 Å². The second kappa shape index (κ2) is 7.34. The van der Waals surface area contributed by atoms with E-state index in [0.717, 1.165) is 37.5 Å². The highest BCUT2D eigenvalue weighted by molar-refractivity contribution is 7.92. The first-order valence-electron chi connectivity index (χ1n) is 8.09. The fourth-order valence-electron chi connectivity index (χ4n) is 3.09. The molecule has 1 aromatic rings. The van der Waals surface area contributed by atoms with E-state index >= 15 is 0 Å². The first-order valence-corrected chi connectivity index (χ1v) is 9.94. The monoisotopic (exact) mass is 338 g/mol. The van der Waals surface area contributed by atoms with Crippen LogP contribution in [0, 0.1) is 6.92 Å². The first-order chi connectivity index (χ1) is 10.8. The highest BCUT2D eigenvalue weighted by Crippen LogP contribution is 2.23. The van der Waals surface area contributed by atoms with Gasteiger partial charge in [0.25, 0.3) is 0 Å². The number of hydrogen-bond acceptors (Lipinski definition) is 3. The molecule has 0 bridgehead atoms. The molecule has 2 rings (SSSR count). The molecule has 0 aliphatic heterocycles. The molecule has 1 aliphatic carbocycles. The molecule has 23 heavy (non-hydrogen) atoms. The summed E-state index contributed by atoms with van der Waals surface area (Å²) < 4.78 is 25.5. The Kier molecular flexibility index (Phi) is 5.68. The maximum atomic E-state index is 12.6. The summed E-state index contributed by atoms with van der Waals surface area (Å²) in [6.07, 6.45) is 6.64. The topological polar surface area (TPSA) is 57.7 Å². The zero-order valence-electron chi connectivity index (χ0n) is 14.2. The molecule has 0 aromatic heterocycles. The number of anilines is 1. The molecule has 1 amide bonds. The number of likely N-dealkylation sites (N-methyl/N-ethyl adjacent to an activating group) is 1. The molecule has 1 aliphatic rings. The van der Waals surface area contributed by atoms with Crippen LogP contribution in [0.3, 0.4) is 0 Å². The van der Waals surface area contributed by atoms with Crippen LogP contribution in [0.5, 0.6) is 0 Å². The van der Waals surface area contributed by atoms with Crippen LogP contribution < -0.4 is 4.31 Å². The molecule has 0 N–H and O–H groups in total. The molecule has 0 radical (unpaired) electrons. The number of nitrogens with zero attached hydrogens (tertiary/aromatic N) is 2. The fraction of sp³-hybridized carbons (Fsp3) is 0.588. The van der Waals surface area contributed by atoms with E-state index in [1.54, 1.807) is 30.1 Å². The molecular weight excluding hydrogens is 312 g/mol. The van der Waals surface area contributed by atoms with Crippen LogP contribution in [-0.4, -0.2) is 45.1 Å². The summed E-state index contributed by atoms with van der Waals surface area (Å²) in [5.41, 5.74) is 1.50. The molecular formula is C17H26N2O3S. The molecule has 0 saturated heterocycles. The van der Waals surface area contributed by atoms with Gasteiger partial charge in [-0.1, -0.05) is 31.4 Å². The van der Waals surface area contributed by atoms with E-state index in [4.69, 9.17) is 0 Å². The number of hydrogen-bond donors (Lipinski definition) is 0. The summed E-state index contributed by atoms with van der Waals surface area (Å²) in [6, 6.07) is 7.45. The Hall–Kier alpha value is -1.56. The highest BCUT2D eigenvalue weighted by Gasteiger charge is 2.26. The summed E-state index contributed by atoms with van der Waals surface area (Å²) >= 11 is 0. The lowest BCUT2D eigenvalue weighted by Crippen LogP contribution is -2.45. The van der Waals surface area contributed by atoms with Gasteiger partial charge in [-0.3, -0.25) is 9.10 Å². The average molecular weight is 338 g/mol. The lowest BCUT2D eigenvalue weighted by molar-refractivity contribution is -0.130. The van der Waals surface area contributed by atoms with Gasteiger partial charge in [-0.05, 0) is 37.5 Å². The number of sulfonamides is 1. The second-order valence-electron chi connectivity index (χ2n) is 6.41. The average Bonchev–Trinajstić information content (AvgIpc) is 2.51. The van der Waals surface area contributed by atoms with Crippen molar-refractivity contribution in [2.24, 2.45) is 0 Å². The molecule has 6 heteroatoms. The summed E-state index contributed by atoms with van der Waals surface area (Å²) in [5, 5.41) is 0. The molecule has 5 nitrogen and oxygen atoms in total. The van der Waals surface area contributed by atoms with Crippen LogP contribution in [-0.2, 0) is 14.8 Å². The van der Waals surface area contributed by atoms with Crippen molar-refractivity contribution in [3.05, 3.63) is 29.8 Å². The molecule has 0 atom stereocenters. The predicted molar refractivity (Wildman–Crippen MR) is 93.0 cm³/mol. The lowest BCUT2D eigenvalue weighted by atomic mass is 9.94. The minimum atomic E-state index is -3.51. The zero-order valence-corrected chi connectivity index (χ0v) is 15.0. The number of carbonyl (C=O) groups is 1. The van der Waals surface area contributed by atoms with E-state index in [0.29, 0.717) is 5.69 Å². The molecule has 128 valence electrons. The van der Waals surface area contributed by atoms with Gasteiger partial charge < -0.3 is 4.90 Å². The van der Waals surface area contributed by atoms with Crippen molar-refractivity contribution < 1.29 is 13.2 Å². The highest BCUT2D eigenvalue weighted by atomic mass is 32.2. The van der Waals surface area contributed by atoms with Gasteiger partial charge in [-0.25, -0.2) is 8.42 Å². The van der Waals surface area contributed by atoms with Gasteiger partial charge in [0, 0.05) is 13.1 Å². The minimum absolute atomic E-state index is 0.144. The third kappa shape index (κ3) is 4.70. The third-order valence-electron chi connectivity index (χ3n) is 4.48. The van der Waals surface area contributed by atoms with Gasteiger partial charge in [-0.15, -0.1) is 0 Å². The number of benzene rings is 1. The van der Waals surface area contributed by atoms with Crippen LogP contribution in [0.15, 0.2) is 24.3 Å². The summed E-state index contributed by atoms with van der Waals surface area (Å²) in [7, 11) is -1.72. The molecule has 0 unspecified atom stereocenters. The van der Waals surface area contributed by atoms with Crippen LogP contribution in [0.2, 0.25) is 0 Å². The van der Waals surface area contributed by atoms with Gasteiger partial charge >= 0.3 is 0 Å². The van der Waals surface area contributed by atoms with Gasteiger partial charge in [0.15, 0.2) is 0 Å². The van der Waals surface area contributed by atoms with E-state index in [1.807, 2.05) is 13.0 Å². The smallest absolute Gasteiger partial charge is 0.243 e. The molecule has 1 aromatic carbocycles. The number of aryl methyl sites for hydroxylation is 1. The Balaban J connectivity index is 2.16. The van der Waals surface area contributed by atoms with Crippen molar-refractivity contribution in [2.75, 3.05) is 24.2 Å². The molecule has 1 fully saturated rings. The van der Waals surface area contributed by atoms with Crippen molar-refractivity contribution in [1.29, 1.82) is 0 Å². The fourth-order valence-corrected chi connectivity index (χ4v) is 3.93. The van der Waals surface area contributed by atoms with Crippen molar-refractivity contribution in [3.63, 3.8) is 0 Å². The standard InChI is InChI=1S/C17H26N2O3S/c1-14-8-7-11-16(12-14)19(23(3,21)22)13-17(20)18(2)15-9-5-4-6-10-15/h7-8,11-12,15H,4-6,9-10,13H2,1-3H3. The van der Waals surface area contributed by atoms with E-state index in [2.05, 4.69) is 0 Å². The Morgan fingerprint density at radius 3 is 2.43 bits per heavy atom. The van der Waals surface area contributed by atoms with E-state index < -0.39 is 10.0 Å². The van der Waals surface area contributed by atoms with Crippen molar-refractivity contribution in [1.82, 2.24) is 4.90 Å². The lowest BCUT2D eigenvalue weighted by Gasteiger charge is -2.33. The van der Waals surface area contributed by atoms with Crippen LogP contribution in [0.25, 0.3) is 0 Å². The van der Waals surface area contributed by atoms with Gasteiger partial charge in [0.1, 0.15) is 6.54 Å². The molecule has 0 spiro atoms.